The molecule has 0 unspecified atom stereocenters. The minimum atomic E-state index is 0.669. The predicted molar refractivity (Wildman–Crippen MR) is 65.8 cm³/mol. The molecule has 0 aliphatic heterocycles. The molecular weight excluding hydrogens is 170 g/mol. The van der Waals surface area contributed by atoms with Crippen LogP contribution in [0.25, 0.3) is 0 Å². The topological polar surface area (TPSA) is 12.4 Å². The molecule has 0 spiro atoms. The monoisotopic (exact) mass is 193 g/mol. The Morgan fingerprint density at radius 3 is 2.36 bits per heavy atom. The zero-order chi connectivity index (χ0) is 11.1. The molecule has 80 valence electrons. The molecule has 0 aromatic carbocycles. The molecule has 0 aromatic heterocycles. The summed E-state index contributed by atoms with van der Waals surface area (Å²) in [5, 5.41) is 0. The van der Waals surface area contributed by atoms with Crippen molar-refractivity contribution in [1.82, 2.24) is 0 Å². The maximum atomic E-state index is 4.32. The third-order valence-corrected chi connectivity index (χ3v) is 2.19. The standard InChI is InChI=1S/C13H23N/c1-7-13(12(6)14-8-2)11(5)9-10(3)4/h8,10H,5,7,9H2,1-4,6H3/b13-12-,14-8?. The van der Waals surface area contributed by atoms with Crippen LogP contribution in [0.2, 0.25) is 0 Å². The highest BCUT2D eigenvalue weighted by Gasteiger charge is 2.06. The molecule has 0 rings (SSSR count). The predicted octanol–water partition coefficient (Wildman–Crippen LogP) is 4.36. The number of rotatable bonds is 5. The Balaban J connectivity index is 4.71. The van der Waals surface area contributed by atoms with E-state index in [4.69, 9.17) is 0 Å². The fraction of sp³-hybridized carbons (Fsp3) is 0.615. The van der Waals surface area contributed by atoms with E-state index in [0.29, 0.717) is 5.92 Å². The molecule has 0 aromatic rings. The fourth-order valence-electron chi connectivity index (χ4n) is 1.65. The van der Waals surface area contributed by atoms with Gasteiger partial charge in [0.15, 0.2) is 0 Å². The van der Waals surface area contributed by atoms with Gasteiger partial charge in [0.2, 0.25) is 0 Å². The second kappa shape index (κ2) is 6.58. The van der Waals surface area contributed by atoms with Crippen LogP contribution in [-0.2, 0) is 0 Å². The van der Waals surface area contributed by atoms with Crippen LogP contribution in [-0.4, -0.2) is 6.21 Å². The van der Waals surface area contributed by atoms with Gasteiger partial charge >= 0.3 is 0 Å². The third-order valence-electron chi connectivity index (χ3n) is 2.19. The lowest BCUT2D eigenvalue weighted by atomic mass is 9.95. The van der Waals surface area contributed by atoms with E-state index >= 15 is 0 Å². The van der Waals surface area contributed by atoms with Crippen LogP contribution in [0.4, 0.5) is 0 Å². The lowest BCUT2D eigenvalue weighted by Gasteiger charge is -2.12. The normalized spacial score (nSPS) is 13.6. The minimum absolute atomic E-state index is 0.669. The summed E-state index contributed by atoms with van der Waals surface area (Å²) in [5.74, 6) is 0.669. The van der Waals surface area contributed by atoms with E-state index < -0.39 is 0 Å². The molecule has 0 amide bonds. The molecule has 0 aliphatic rings. The number of allylic oxidation sites excluding steroid dienone is 3. The number of hydrogen-bond acceptors (Lipinski definition) is 1. The fourth-order valence-corrected chi connectivity index (χ4v) is 1.65. The van der Waals surface area contributed by atoms with Gasteiger partial charge in [-0.1, -0.05) is 27.4 Å². The van der Waals surface area contributed by atoms with E-state index in [-0.39, 0.29) is 0 Å². The Morgan fingerprint density at radius 1 is 1.43 bits per heavy atom. The molecule has 0 fully saturated rings. The van der Waals surface area contributed by atoms with Crippen molar-refractivity contribution in [2.75, 3.05) is 0 Å². The Hall–Kier alpha value is -0.850. The Labute approximate surface area is 88.6 Å². The molecule has 0 saturated carbocycles. The average molecular weight is 193 g/mol. The lowest BCUT2D eigenvalue weighted by molar-refractivity contribution is 0.643. The zero-order valence-electron chi connectivity index (χ0n) is 10.2. The summed E-state index contributed by atoms with van der Waals surface area (Å²) >= 11 is 0. The Kier molecular flexibility index (Phi) is 6.18. The van der Waals surface area contributed by atoms with Gasteiger partial charge in [-0.2, -0.15) is 0 Å². The number of aliphatic imine (C=N–C) groups is 1. The third kappa shape index (κ3) is 4.40. The van der Waals surface area contributed by atoms with E-state index in [1.165, 1.54) is 11.1 Å². The average Bonchev–Trinajstić information content (AvgIpc) is 2.04. The van der Waals surface area contributed by atoms with Gasteiger partial charge in [-0.05, 0) is 43.8 Å². The van der Waals surface area contributed by atoms with Gasteiger partial charge in [0.1, 0.15) is 0 Å². The van der Waals surface area contributed by atoms with Crippen LogP contribution in [0.3, 0.4) is 0 Å². The summed E-state index contributed by atoms with van der Waals surface area (Å²) < 4.78 is 0. The van der Waals surface area contributed by atoms with Gasteiger partial charge < -0.3 is 0 Å². The number of hydrogen-bond donors (Lipinski definition) is 0. The molecule has 0 bridgehead atoms. The second-order valence-electron chi connectivity index (χ2n) is 4.01. The van der Waals surface area contributed by atoms with Crippen LogP contribution < -0.4 is 0 Å². The van der Waals surface area contributed by atoms with Crippen LogP contribution >= 0.6 is 0 Å². The van der Waals surface area contributed by atoms with Crippen molar-refractivity contribution >= 4 is 6.21 Å². The highest BCUT2D eigenvalue weighted by Crippen LogP contribution is 2.23. The quantitative estimate of drug-likeness (QED) is 0.454. The molecule has 14 heavy (non-hydrogen) atoms. The van der Waals surface area contributed by atoms with Gasteiger partial charge in [-0.3, -0.25) is 4.99 Å². The number of nitrogens with zero attached hydrogens (tertiary/aromatic N) is 1. The summed E-state index contributed by atoms with van der Waals surface area (Å²) in [7, 11) is 0. The Morgan fingerprint density at radius 2 is 2.00 bits per heavy atom. The van der Waals surface area contributed by atoms with E-state index in [2.05, 4.69) is 39.3 Å². The Bertz CT molecular complexity index is 244. The van der Waals surface area contributed by atoms with E-state index in [1.54, 1.807) is 0 Å². The largest absolute Gasteiger partial charge is 0.266 e. The van der Waals surface area contributed by atoms with Crippen molar-refractivity contribution in [2.45, 2.75) is 47.5 Å². The second-order valence-corrected chi connectivity index (χ2v) is 4.01. The van der Waals surface area contributed by atoms with Gasteiger partial charge in [0.05, 0.1) is 0 Å². The highest BCUT2D eigenvalue weighted by molar-refractivity contribution is 5.56. The smallest absolute Gasteiger partial charge is 0.0402 e. The van der Waals surface area contributed by atoms with Crippen LogP contribution in [0, 0.1) is 5.92 Å². The van der Waals surface area contributed by atoms with Crippen LogP contribution in [0.15, 0.2) is 28.4 Å². The van der Waals surface area contributed by atoms with Crippen molar-refractivity contribution < 1.29 is 0 Å². The van der Waals surface area contributed by atoms with Crippen molar-refractivity contribution in [3.63, 3.8) is 0 Å². The molecule has 0 heterocycles. The van der Waals surface area contributed by atoms with Crippen molar-refractivity contribution in [3.05, 3.63) is 23.4 Å². The lowest BCUT2D eigenvalue weighted by Crippen LogP contribution is -1.96. The molecule has 0 saturated heterocycles. The molecular formula is C13H23N. The van der Waals surface area contributed by atoms with E-state index in [0.717, 1.165) is 18.5 Å². The van der Waals surface area contributed by atoms with Crippen molar-refractivity contribution in [2.24, 2.45) is 10.9 Å². The summed E-state index contributed by atoms with van der Waals surface area (Å²) in [5.41, 5.74) is 3.67. The van der Waals surface area contributed by atoms with Gasteiger partial charge in [0, 0.05) is 11.9 Å². The summed E-state index contributed by atoms with van der Waals surface area (Å²) in [6.45, 7) is 14.7. The van der Waals surface area contributed by atoms with Crippen molar-refractivity contribution in [1.29, 1.82) is 0 Å². The first-order valence-electron chi connectivity index (χ1n) is 5.39. The SMILES string of the molecule is C=C(CC(C)C)/C(CC)=C(/C)N=CC. The first kappa shape index (κ1) is 13.2. The van der Waals surface area contributed by atoms with E-state index in [1.807, 2.05) is 13.1 Å². The zero-order valence-corrected chi connectivity index (χ0v) is 10.2. The van der Waals surface area contributed by atoms with Gasteiger partial charge in [0.25, 0.3) is 0 Å². The van der Waals surface area contributed by atoms with Crippen LogP contribution in [0.5, 0.6) is 0 Å². The minimum Gasteiger partial charge on any atom is -0.266 e. The molecule has 0 aliphatic carbocycles. The first-order valence-corrected chi connectivity index (χ1v) is 5.39. The van der Waals surface area contributed by atoms with Gasteiger partial charge in [-0.15, -0.1) is 0 Å². The summed E-state index contributed by atoms with van der Waals surface area (Å²) in [6, 6.07) is 0. The maximum absolute atomic E-state index is 4.32. The van der Waals surface area contributed by atoms with Crippen molar-refractivity contribution in [3.8, 4) is 0 Å². The maximum Gasteiger partial charge on any atom is 0.0402 e. The van der Waals surface area contributed by atoms with Gasteiger partial charge in [-0.25, -0.2) is 0 Å². The molecule has 0 atom stereocenters. The molecule has 0 radical (unpaired) electrons. The van der Waals surface area contributed by atoms with E-state index in [9.17, 15) is 0 Å². The summed E-state index contributed by atoms with van der Waals surface area (Å²) in [6.07, 6.45) is 3.93. The molecule has 1 heteroatoms. The highest BCUT2D eigenvalue weighted by atomic mass is 14.7. The first-order chi connectivity index (χ1) is 6.52. The molecule has 1 nitrogen and oxygen atoms in total. The molecule has 0 N–H and O–H groups in total. The summed E-state index contributed by atoms with van der Waals surface area (Å²) in [4.78, 5) is 4.32. The van der Waals surface area contributed by atoms with Crippen LogP contribution in [0.1, 0.15) is 47.5 Å².